The zero-order chi connectivity index (χ0) is 14.1. The Balaban J connectivity index is 2.14. The van der Waals surface area contributed by atoms with Gasteiger partial charge in [0, 0.05) is 14.7 Å². The number of nitrogens with one attached hydrogen (secondary N) is 1. The molecule has 1 heterocycles. The lowest BCUT2D eigenvalue weighted by molar-refractivity contribution is 0.577. The normalized spacial score (nSPS) is 12.8. The van der Waals surface area contributed by atoms with Gasteiger partial charge in [-0.15, -0.1) is 11.3 Å². The second-order valence-corrected chi connectivity index (χ2v) is 6.40. The predicted octanol–water partition coefficient (Wildman–Crippen LogP) is 5.11. The van der Waals surface area contributed by atoms with E-state index in [2.05, 4.69) is 38.8 Å². The van der Waals surface area contributed by atoms with Crippen molar-refractivity contribution in [3.63, 3.8) is 0 Å². The molecular weight excluding hydrogens is 337 g/mol. The van der Waals surface area contributed by atoms with Crippen molar-refractivity contribution in [1.29, 1.82) is 0 Å². The maximum absolute atomic E-state index is 14.2. The molecule has 1 unspecified atom stereocenters. The lowest BCUT2D eigenvalue weighted by Gasteiger charge is -2.17. The molecule has 0 bridgehead atoms. The SMILES string of the molecule is CNC(c1ccc(Br)cc1F)c1csc2ccccc12. The van der Waals surface area contributed by atoms with Gasteiger partial charge >= 0.3 is 0 Å². The van der Waals surface area contributed by atoms with E-state index in [4.69, 9.17) is 0 Å². The van der Waals surface area contributed by atoms with Crippen LogP contribution in [0.1, 0.15) is 17.2 Å². The molecule has 0 saturated carbocycles. The molecule has 0 saturated heterocycles. The Hall–Kier alpha value is -1.23. The molecule has 0 aliphatic rings. The fourth-order valence-corrected chi connectivity index (χ4v) is 3.76. The highest BCUT2D eigenvalue weighted by molar-refractivity contribution is 9.10. The smallest absolute Gasteiger partial charge is 0.129 e. The molecule has 0 amide bonds. The zero-order valence-electron chi connectivity index (χ0n) is 10.9. The number of benzene rings is 2. The van der Waals surface area contributed by atoms with Gasteiger partial charge in [0.2, 0.25) is 0 Å². The minimum atomic E-state index is -0.200. The maximum Gasteiger partial charge on any atom is 0.129 e. The first-order valence-corrected chi connectivity index (χ1v) is 7.96. The lowest BCUT2D eigenvalue weighted by atomic mass is 9.98. The van der Waals surface area contributed by atoms with Crippen LogP contribution in [0.25, 0.3) is 10.1 Å². The highest BCUT2D eigenvalue weighted by atomic mass is 79.9. The summed E-state index contributed by atoms with van der Waals surface area (Å²) in [7, 11) is 1.86. The molecule has 1 atom stereocenters. The van der Waals surface area contributed by atoms with Crippen molar-refractivity contribution < 1.29 is 4.39 Å². The van der Waals surface area contributed by atoms with Gasteiger partial charge in [0.25, 0.3) is 0 Å². The van der Waals surface area contributed by atoms with Crippen LogP contribution < -0.4 is 5.32 Å². The highest BCUT2D eigenvalue weighted by Crippen LogP contribution is 2.34. The molecule has 3 aromatic rings. The number of halogens is 2. The molecule has 0 spiro atoms. The lowest BCUT2D eigenvalue weighted by Crippen LogP contribution is -2.18. The van der Waals surface area contributed by atoms with Gasteiger partial charge in [0.1, 0.15) is 5.82 Å². The first kappa shape index (κ1) is 13.7. The number of hydrogen-bond donors (Lipinski definition) is 1. The molecular formula is C16H13BrFNS. The van der Waals surface area contributed by atoms with Crippen LogP contribution in [0.15, 0.2) is 52.3 Å². The standard InChI is InChI=1S/C16H13BrFNS/c1-19-16(12-7-6-10(17)8-14(12)18)13-9-20-15-5-3-2-4-11(13)15/h2-9,16,19H,1H3. The summed E-state index contributed by atoms with van der Waals surface area (Å²) in [5.74, 6) is -0.200. The molecule has 2 aromatic carbocycles. The third kappa shape index (κ3) is 2.39. The average Bonchev–Trinajstić information content (AvgIpc) is 2.86. The van der Waals surface area contributed by atoms with Crippen molar-refractivity contribution in [1.82, 2.24) is 5.32 Å². The van der Waals surface area contributed by atoms with E-state index in [1.807, 2.05) is 31.3 Å². The molecule has 1 N–H and O–H groups in total. The van der Waals surface area contributed by atoms with E-state index >= 15 is 0 Å². The van der Waals surface area contributed by atoms with Crippen molar-refractivity contribution >= 4 is 37.4 Å². The van der Waals surface area contributed by atoms with Crippen LogP contribution in [0, 0.1) is 5.82 Å². The van der Waals surface area contributed by atoms with Crippen LogP contribution in [0.2, 0.25) is 0 Å². The van der Waals surface area contributed by atoms with Crippen LogP contribution in [-0.2, 0) is 0 Å². The summed E-state index contributed by atoms with van der Waals surface area (Å²) in [5.41, 5.74) is 1.79. The predicted molar refractivity (Wildman–Crippen MR) is 86.8 cm³/mol. The van der Waals surface area contributed by atoms with Gasteiger partial charge in [0.15, 0.2) is 0 Å². The molecule has 20 heavy (non-hydrogen) atoms. The molecule has 0 radical (unpaired) electrons. The second-order valence-electron chi connectivity index (χ2n) is 4.57. The Morgan fingerprint density at radius 1 is 1.15 bits per heavy atom. The molecule has 0 aliphatic heterocycles. The van der Waals surface area contributed by atoms with Crippen molar-refractivity contribution in [2.24, 2.45) is 0 Å². The summed E-state index contributed by atoms with van der Waals surface area (Å²) < 4.78 is 16.2. The van der Waals surface area contributed by atoms with E-state index in [0.29, 0.717) is 5.56 Å². The summed E-state index contributed by atoms with van der Waals surface area (Å²) in [6, 6.07) is 13.3. The van der Waals surface area contributed by atoms with E-state index in [9.17, 15) is 4.39 Å². The third-order valence-corrected chi connectivity index (χ3v) is 4.86. The van der Waals surface area contributed by atoms with Crippen LogP contribution in [0.5, 0.6) is 0 Å². The molecule has 0 fully saturated rings. The molecule has 0 aliphatic carbocycles. The Labute approximate surface area is 129 Å². The number of hydrogen-bond acceptors (Lipinski definition) is 2. The Bertz CT molecular complexity index is 753. The fraction of sp³-hybridized carbons (Fsp3) is 0.125. The Morgan fingerprint density at radius 3 is 2.70 bits per heavy atom. The van der Waals surface area contributed by atoms with E-state index in [-0.39, 0.29) is 11.9 Å². The second kappa shape index (κ2) is 5.64. The van der Waals surface area contributed by atoms with Gasteiger partial charge in [-0.05, 0) is 41.6 Å². The van der Waals surface area contributed by atoms with Crippen molar-refractivity contribution in [2.75, 3.05) is 7.05 Å². The van der Waals surface area contributed by atoms with Gasteiger partial charge in [-0.3, -0.25) is 0 Å². The molecule has 3 rings (SSSR count). The molecule has 4 heteroatoms. The van der Waals surface area contributed by atoms with Gasteiger partial charge in [-0.2, -0.15) is 0 Å². The summed E-state index contributed by atoms with van der Waals surface area (Å²) >= 11 is 4.99. The van der Waals surface area contributed by atoms with Crippen LogP contribution in [0.3, 0.4) is 0 Å². The number of thiophene rings is 1. The Morgan fingerprint density at radius 2 is 1.95 bits per heavy atom. The first-order chi connectivity index (χ1) is 9.70. The number of rotatable bonds is 3. The summed E-state index contributed by atoms with van der Waals surface area (Å²) in [5, 5.41) is 6.51. The minimum absolute atomic E-state index is 0.140. The van der Waals surface area contributed by atoms with Crippen LogP contribution in [-0.4, -0.2) is 7.05 Å². The van der Waals surface area contributed by atoms with Gasteiger partial charge in [0.05, 0.1) is 6.04 Å². The largest absolute Gasteiger partial charge is 0.309 e. The third-order valence-electron chi connectivity index (χ3n) is 3.38. The minimum Gasteiger partial charge on any atom is -0.309 e. The molecule has 102 valence electrons. The fourth-order valence-electron chi connectivity index (χ4n) is 2.44. The van der Waals surface area contributed by atoms with Crippen molar-refractivity contribution in [3.05, 3.63) is 69.3 Å². The topological polar surface area (TPSA) is 12.0 Å². The maximum atomic E-state index is 14.2. The monoisotopic (exact) mass is 349 g/mol. The number of fused-ring (bicyclic) bond motifs is 1. The Kier molecular flexibility index (Phi) is 3.87. The van der Waals surface area contributed by atoms with Crippen molar-refractivity contribution in [2.45, 2.75) is 6.04 Å². The van der Waals surface area contributed by atoms with E-state index < -0.39 is 0 Å². The summed E-state index contributed by atoms with van der Waals surface area (Å²) in [4.78, 5) is 0. The van der Waals surface area contributed by atoms with Gasteiger partial charge in [-0.1, -0.05) is 40.2 Å². The van der Waals surface area contributed by atoms with Crippen molar-refractivity contribution in [3.8, 4) is 0 Å². The summed E-state index contributed by atoms with van der Waals surface area (Å²) in [6.07, 6.45) is 0. The average molecular weight is 350 g/mol. The van der Waals surface area contributed by atoms with Gasteiger partial charge in [-0.25, -0.2) is 4.39 Å². The molecule has 1 aromatic heterocycles. The van der Waals surface area contributed by atoms with Crippen LogP contribution in [0.4, 0.5) is 4.39 Å². The van der Waals surface area contributed by atoms with Crippen LogP contribution >= 0.6 is 27.3 Å². The molecule has 1 nitrogen and oxygen atoms in total. The quantitative estimate of drug-likeness (QED) is 0.692. The van der Waals surface area contributed by atoms with E-state index in [0.717, 1.165) is 10.0 Å². The van der Waals surface area contributed by atoms with Gasteiger partial charge < -0.3 is 5.32 Å². The van der Waals surface area contributed by atoms with E-state index in [1.54, 1.807) is 11.3 Å². The first-order valence-electron chi connectivity index (χ1n) is 6.29. The summed E-state index contributed by atoms with van der Waals surface area (Å²) in [6.45, 7) is 0. The highest BCUT2D eigenvalue weighted by Gasteiger charge is 2.19. The van der Waals surface area contributed by atoms with E-state index in [1.165, 1.54) is 16.2 Å². The zero-order valence-corrected chi connectivity index (χ0v) is 13.3.